The summed E-state index contributed by atoms with van der Waals surface area (Å²) in [6.07, 6.45) is 0. The lowest BCUT2D eigenvalue weighted by atomic mass is 9.95. The van der Waals surface area contributed by atoms with Gasteiger partial charge in [-0.05, 0) is 30.2 Å². The summed E-state index contributed by atoms with van der Waals surface area (Å²) in [6, 6.07) is 18.7. The van der Waals surface area contributed by atoms with Crippen LogP contribution in [0.15, 0.2) is 54.6 Å². The van der Waals surface area contributed by atoms with Crippen molar-refractivity contribution in [3.63, 3.8) is 0 Å². The maximum atomic E-state index is 3.21. The number of para-hydroxylation sites is 1. The predicted octanol–water partition coefficient (Wildman–Crippen LogP) is 3.79. The average Bonchev–Trinajstić information content (AvgIpc) is 2.26. The fraction of sp³-hybridized carbons (Fsp3) is 0.143. The molecule has 1 heteroatoms. The highest BCUT2D eigenvalue weighted by atomic mass is 14.8. The van der Waals surface area contributed by atoms with E-state index in [4.69, 9.17) is 0 Å². The molecule has 0 spiro atoms. The van der Waals surface area contributed by atoms with Gasteiger partial charge < -0.3 is 5.32 Å². The number of anilines is 1. The fourth-order valence-corrected chi connectivity index (χ4v) is 1.42. The molecule has 0 heterocycles. The number of nitrogens with one attached hydrogen (secondary N) is 1. The van der Waals surface area contributed by atoms with Crippen LogP contribution in [0.2, 0.25) is 0 Å². The Kier molecular flexibility index (Phi) is 3.03. The summed E-state index contributed by atoms with van der Waals surface area (Å²) in [7, 11) is 0. The normalized spacial score (nSPS) is 9.93. The molecule has 0 aromatic heterocycles. The van der Waals surface area contributed by atoms with Crippen molar-refractivity contribution in [3.8, 4) is 11.1 Å². The SMILES string of the molecule is CCNc1ccccc1.c1cc2ccc1-2. The summed E-state index contributed by atoms with van der Waals surface area (Å²) < 4.78 is 0. The summed E-state index contributed by atoms with van der Waals surface area (Å²) >= 11 is 0. The zero-order chi connectivity index (χ0) is 10.5. The minimum atomic E-state index is 0.990. The minimum Gasteiger partial charge on any atom is -0.385 e. The van der Waals surface area contributed by atoms with Crippen molar-refractivity contribution in [3.05, 3.63) is 54.6 Å². The van der Waals surface area contributed by atoms with Gasteiger partial charge in [-0.3, -0.25) is 0 Å². The second kappa shape index (κ2) is 4.65. The van der Waals surface area contributed by atoms with Gasteiger partial charge in [0.25, 0.3) is 0 Å². The second-order valence-electron chi connectivity index (χ2n) is 3.47. The topological polar surface area (TPSA) is 12.0 Å². The van der Waals surface area contributed by atoms with Crippen LogP contribution >= 0.6 is 0 Å². The van der Waals surface area contributed by atoms with Gasteiger partial charge in [0, 0.05) is 12.2 Å². The second-order valence-corrected chi connectivity index (χ2v) is 3.47. The molecule has 1 nitrogen and oxygen atoms in total. The van der Waals surface area contributed by atoms with Gasteiger partial charge >= 0.3 is 0 Å². The van der Waals surface area contributed by atoms with Crippen molar-refractivity contribution >= 4 is 5.69 Å². The zero-order valence-corrected chi connectivity index (χ0v) is 8.90. The van der Waals surface area contributed by atoms with Crippen LogP contribution in [0.3, 0.4) is 0 Å². The Morgan fingerprint density at radius 3 is 1.67 bits per heavy atom. The lowest BCUT2D eigenvalue weighted by Gasteiger charge is -2.10. The molecule has 0 unspecified atom stereocenters. The first-order valence-corrected chi connectivity index (χ1v) is 5.29. The molecule has 0 bridgehead atoms. The smallest absolute Gasteiger partial charge is 0.0340 e. The lowest BCUT2D eigenvalue weighted by molar-refractivity contribution is 1.21. The number of rotatable bonds is 2. The quantitative estimate of drug-likeness (QED) is 0.659. The van der Waals surface area contributed by atoms with Gasteiger partial charge in [-0.15, -0.1) is 0 Å². The van der Waals surface area contributed by atoms with E-state index in [1.165, 1.54) is 16.8 Å². The van der Waals surface area contributed by atoms with Crippen LogP contribution < -0.4 is 5.32 Å². The summed E-state index contributed by atoms with van der Waals surface area (Å²) in [4.78, 5) is 0. The van der Waals surface area contributed by atoms with Crippen molar-refractivity contribution < 1.29 is 0 Å². The monoisotopic (exact) mass is 197 g/mol. The van der Waals surface area contributed by atoms with Gasteiger partial charge in [0.1, 0.15) is 0 Å². The highest BCUT2D eigenvalue weighted by molar-refractivity contribution is 5.75. The van der Waals surface area contributed by atoms with Crippen molar-refractivity contribution in [2.24, 2.45) is 0 Å². The summed E-state index contributed by atoms with van der Waals surface area (Å²) in [5.41, 5.74) is 4.05. The van der Waals surface area contributed by atoms with E-state index in [2.05, 4.69) is 48.6 Å². The third kappa shape index (κ3) is 2.38. The van der Waals surface area contributed by atoms with Crippen molar-refractivity contribution in [2.75, 3.05) is 11.9 Å². The van der Waals surface area contributed by atoms with Gasteiger partial charge in [0.05, 0.1) is 0 Å². The molecule has 1 aromatic carbocycles. The lowest BCUT2D eigenvalue weighted by Crippen LogP contribution is -1.94. The van der Waals surface area contributed by atoms with Gasteiger partial charge in [-0.2, -0.15) is 0 Å². The molecular weight excluding hydrogens is 182 g/mol. The molecule has 0 radical (unpaired) electrons. The molecule has 2 aliphatic carbocycles. The molecule has 0 saturated heterocycles. The fourth-order valence-electron chi connectivity index (χ4n) is 1.42. The molecule has 0 atom stereocenters. The van der Waals surface area contributed by atoms with E-state index >= 15 is 0 Å². The molecule has 0 aliphatic heterocycles. The van der Waals surface area contributed by atoms with Crippen LogP contribution in [-0.2, 0) is 0 Å². The van der Waals surface area contributed by atoms with Crippen LogP contribution in [0.25, 0.3) is 11.1 Å². The largest absolute Gasteiger partial charge is 0.385 e. The number of benzene rings is 2. The van der Waals surface area contributed by atoms with Gasteiger partial charge in [0.15, 0.2) is 0 Å². The molecule has 3 rings (SSSR count). The molecule has 1 aromatic rings. The van der Waals surface area contributed by atoms with Crippen LogP contribution in [0.4, 0.5) is 5.69 Å². The minimum absolute atomic E-state index is 0.990. The van der Waals surface area contributed by atoms with Gasteiger partial charge in [-0.25, -0.2) is 0 Å². The first kappa shape index (κ1) is 9.78. The molecule has 0 amide bonds. The highest BCUT2D eigenvalue weighted by Gasteiger charge is 2.03. The first-order valence-electron chi connectivity index (χ1n) is 5.29. The number of hydrogen-bond acceptors (Lipinski definition) is 1. The Morgan fingerprint density at radius 2 is 1.33 bits per heavy atom. The van der Waals surface area contributed by atoms with Crippen molar-refractivity contribution in [1.82, 2.24) is 0 Å². The molecule has 2 aliphatic rings. The Labute approximate surface area is 90.8 Å². The molecular formula is C14H15N. The Balaban J connectivity index is 0.000000121. The van der Waals surface area contributed by atoms with Crippen LogP contribution in [0.1, 0.15) is 6.92 Å². The number of fused-ring (bicyclic) bond motifs is 1. The van der Waals surface area contributed by atoms with Crippen LogP contribution in [0, 0.1) is 0 Å². The predicted molar refractivity (Wildman–Crippen MR) is 66.0 cm³/mol. The standard InChI is InChI=1S/C8H11N.C6H4/c1-2-9-8-6-4-3-5-7-8;1-2-6-4-3-5(1)6/h3-7,9H,2H2,1H3;1-4H. The van der Waals surface area contributed by atoms with Gasteiger partial charge in [0.2, 0.25) is 0 Å². The van der Waals surface area contributed by atoms with E-state index in [1.807, 2.05) is 18.2 Å². The Morgan fingerprint density at radius 1 is 0.800 bits per heavy atom. The first-order chi connectivity index (χ1) is 7.40. The van der Waals surface area contributed by atoms with Crippen molar-refractivity contribution in [2.45, 2.75) is 6.92 Å². The summed E-state index contributed by atoms with van der Waals surface area (Å²) in [6.45, 7) is 3.08. The zero-order valence-electron chi connectivity index (χ0n) is 8.90. The van der Waals surface area contributed by atoms with E-state index in [9.17, 15) is 0 Å². The van der Waals surface area contributed by atoms with E-state index in [-0.39, 0.29) is 0 Å². The third-order valence-electron chi connectivity index (χ3n) is 2.37. The van der Waals surface area contributed by atoms with Crippen LogP contribution in [0.5, 0.6) is 0 Å². The maximum absolute atomic E-state index is 3.21. The summed E-state index contributed by atoms with van der Waals surface area (Å²) in [5, 5.41) is 3.21. The van der Waals surface area contributed by atoms with Crippen LogP contribution in [-0.4, -0.2) is 6.54 Å². The third-order valence-corrected chi connectivity index (χ3v) is 2.37. The van der Waals surface area contributed by atoms with E-state index in [0.717, 1.165) is 6.54 Å². The molecule has 15 heavy (non-hydrogen) atoms. The van der Waals surface area contributed by atoms with Crippen molar-refractivity contribution in [1.29, 1.82) is 0 Å². The summed E-state index contributed by atoms with van der Waals surface area (Å²) in [5.74, 6) is 0. The molecule has 76 valence electrons. The van der Waals surface area contributed by atoms with E-state index in [0.29, 0.717) is 0 Å². The Bertz CT molecular complexity index is 382. The average molecular weight is 197 g/mol. The number of hydrogen-bond donors (Lipinski definition) is 1. The Hall–Kier alpha value is -1.76. The molecule has 0 saturated carbocycles. The van der Waals surface area contributed by atoms with E-state index < -0.39 is 0 Å². The van der Waals surface area contributed by atoms with E-state index in [1.54, 1.807) is 0 Å². The highest BCUT2D eigenvalue weighted by Crippen LogP contribution is 2.29. The molecule has 0 fully saturated rings. The molecule has 1 N–H and O–H groups in total. The maximum Gasteiger partial charge on any atom is 0.0340 e. The van der Waals surface area contributed by atoms with Gasteiger partial charge in [-0.1, -0.05) is 42.5 Å².